The number of rotatable bonds is 3. The molecule has 0 unspecified atom stereocenters. The smallest absolute Gasteiger partial charge is 0.0377 e. The molecule has 0 atom stereocenters. The third kappa shape index (κ3) is 3.21. The average Bonchev–Trinajstić information content (AvgIpc) is 2.63. The number of nitrogens with zero attached hydrogens (tertiary/aromatic N) is 1. The number of piperidine rings is 1. The van der Waals surface area contributed by atoms with E-state index in [-0.39, 0.29) is 0 Å². The maximum absolute atomic E-state index is 5.79. The lowest BCUT2D eigenvalue weighted by molar-refractivity contribution is 0.526. The first-order valence-corrected chi connectivity index (χ1v) is 9.27. The second-order valence-corrected chi connectivity index (χ2v) is 7.15. The van der Waals surface area contributed by atoms with Crippen molar-refractivity contribution in [3.8, 4) is 0 Å². The fraction of sp³-hybridized carbons (Fsp3) is 0.429. The van der Waals surface area contributed by atoms with Crippen molar-refractivity contribution >= 4 is 17.1 Å². The predicted molar refractivity (Wildman–Crippen MR) is 103 cm³/mol. The summed E-state index contributed by atoms with van der Waals surface area (Å²) in [6, 6.07) is 15.7. The minimum atomic E-state index is 0.587. The topological polar surface area (TPSA) is 41.3 Å². The molecule has 24 heavy (non-hydrogen) atoms. The van der Waals surface area contributed by atoms with Crippen LogP contribution in [0.2, 0.25) is 0 Å². The summed E-state index contributed by atoms with van der Waals surface area (Å²) in [5.41, 5.74) is 12.4. The van der Waals surface area contributed by atoms with E-state index in [1.165, 1.54) is 49.9 Å². The van der Waals surface area contributed by atoms with Crippen molar-refractivity contribution in [3.05, 3.63) is 53.6 Å². The van der Waals surface area contributed by atoms with Gasteiger partial charge in [-0.05, 0) is 80.0 Å². The van der Waals surface area contributed by atoms with Gasteiger partial charge in [0, 0.05) is 36.2 Å². The van der Waals surface area contributed by atoms with E-state index in [0.29, 0.717) is 6.04 Å². The fourth-order valence-electron chi connectivity index (χ4n) is 4.10. The Bertz CT molecular complexity index is 685. The van der Waals surface area contributed by atoms with Gasteiger partial charge in [-0.2, -0.15) is 0 Å². The van der Waals surface area contributed by atoms with Crippen LogP contribution >= 0.6 is 0 Å². The van der Waals surface area contributed by atoms with E-state index in [0.717, 1.165) is 18.8 Å². The Hall–Kier alpha value is -2.16. The minimum absolute atomic E-state index is 0.587. The molecule has 1 fully saturated rings. The van der Waals surface area contributed by atoms with Gasteiger partial charge in [0.15, 0.2) is 0 Å². The van der Waals surface area contributed by atoms with E-state index >= 15 is 0 Å². The van der Waals surface area contributed by atoms with Gasteiger partial charge < -0.3 is 16.0 Å². The number of benzene rings is 2. The van der Waals surface area contributed by atoms with Gasteiger partial charge in [-0.25, -0.2) is 0 Å². The van der Waals surface area contributed by atoms with Crippen LogP contribution < -0.4 is 16.0 Å². The standard InChI is InChI=1S/C21H27N3/c22-17-8-10-19(11-9-17)24-14-12-18(13-15-24)23-21-7-3-5-16-4-1-2-6-20(16)21/h3,5,7-11,18,23H,1-2,4,6,12-15,22H2. The van der Waals surface area contributed by atoms with Crippen molar-refractivity contribution in [1.82, 2.24) is 0 Å². The molecule has 0 aromatic heterocycles. The molecule has 1 heterocycles. The Morgan fingerprint density at radius 1 is 0.917 bits per heavy atom. The summed E-state index contributed by atoms with van der Waals surface area (Å²) in [5, 5.41) is 3.84. The number of nitrogen functional groups attached to an aromatic ring is 1. The molecule has 2 aromatic carbocycles. The van der Waals surface area contributed by atoms with Crippen LogP contribution in [0.1, 0.15) is 36.8 Å². The van der Waals surface area contributed by atoms with Crippen LogP contribution in [0, 0.1) is 0 Å². The van der Waals surface area contributed by atoms with E-state index in [4.69, 9.17) is 5.73 Å². The Balaban J connectivity index is 1.39. The lowest BCUT2D eigenvalue weighted by atomic mass is 9.90. The second kappa shape index (κ2) is 6.76. The highest BCUT2D eigenvalue weighted by molar-refractivity contribution is 5.57. The number of hydrogen-bond acceptors (Lipinski definition) is 3. The molecule has 0 bridgehead atoms. The first-order valence-electron chi connectivity index (χ1n) is 9.27. The molecule has 0 saturated carbocycles. The zero-order chi connectivity index (χ0) is 16.4. The summed E-state index contributed by atoms with van der Waals surface area (Å²) in [6.45, 7) is 2.22. The third-order valence-electron chi connectivity index (χ3n) is 5.51. The van der Waals surface area contributed by atoms with Crippen molar-refractivity contribution in [3.63, 3.8) is 0 Å². The Kier molecular flexibility index (Phi) is 4.33. The zero-order valence-corrected chi connectivity index (χ0v) is 14.3. The van der Waals surface area contributed by atoms with Crippen LogP contribution in [0.5, 0.6) is 0 Å². The minimum Gasteiger partial charge on any atom is -0.399 e. The molecule has 0 spiro atoms. The van der Waals surface area contributed by atoms with Gasteiger partial charge in [-0.3, -0.25) is 0 Å². The number of aryl methyl sites for hydroxylation is 1. The van der Waals surface area contributed by atoms with Crippen molar-refractivity contribution in [2.24, 2.45) is 0 Å². The van der Waals surface area contributed by atoms with Crippen molar-refractivity contribution < 1.29 is 0 Å². The summed E-state index contributed by atoms with van der Waals surface area (Å²) >= 11 is 0. The van der Waals surface area contributed by atoms with Gasteiger partial charge in [-0.15, -0.1) is 0 Å². The van der Waals surface area contributed by atoms with Crippen molar-refractivity contribution in [1.29, 1.82) is 0 Å². The first-order chi connectivity index (χ1) is 11.8. The molecule has 1 saturated heterocycles. The largest absolute Gasteiger partial charge is 0.399 e. The number of nitrogens with one attached hydrogen (secondary N) is 1. The monoisotopic (exact) mass is 321 g/mol. The lowest BCUT2D eigenvalue weighted by Crippen LogP contribution is -2.39. The summed E-state index contributed by atoms with van der Waals surface area (Å²) < 4.78 is 0. The van der Waals surface area contributed by atoms with Gasteiger partial charge in [0.05, 0.1) is 0 Å². The van der Waals surface area contributed by atoms with Crippen LogP contribution in [0.25, 0.3) is 0 Å². The summed E-state index contributed by atoms with van der Waals surface area (Å²) in [7, 11) is 0. The molecule has 1 aliphatic heterocycles. The molecule has 3 heteroatoms. The van der Waals surface area contributed by atoms with E-state index in [1.54, 1.807) is 11.1 Å². The highest BCUT2D eigenvalue weighted by Crippen LogP contribution is 2.30. The van der Waals surface area contributed by atoms with Crippen LogP contribution in [-0.4, -0.2) is 19.1 Å². The molecular weight excluding hydrogens is 294 g/mol. The number of fused-ring (bicyclic) bond motifs is 1. The van der Waals surface area contributed by atoms with Crippen LogP contribution in [-0.2, 0) is 12.8 Å². The quantitative estimate of drug-likeness (QED) is 0.831. The van der Waals surface area contributed by atoms with E-state index in [9.17, 15) is 0 Å². The van der Waals surface area contributed by atoms with Gasteiger partial charge in [0.1, 0.15) is 0 Å². The maximum Gasteiger partial charge on any atom is 0.0377 e. The SMILES string of the molecule is Nc1ccc(N2CCC(Nc3cccc4c3CCCC4)CC2)cc1. The lowest BCUT2D eigenvalue weighted by Gasteiger charge is -2.35. The first kappa shape index (κ1) is 15.4. The van der Waals surface area contributed by atoms with Crippen molar-refractivity contribution in [2.45, 2.75) is 44.6 Å². The molecule has 2 aliphatic rings. The third-order valence-corrected chi connectivity index (χ3v) is 5.51. The normalized spacial score (nSPS) is 18.2. The summed E-state index contributed by atoms with van der Waals surface area (Å²) in [4.78, 5) is 2.47. The molecule has 3 nitrogen and oxygen atoms in total. The maximum atomic E-state index is 5.79. The van der Waals surface area contributed by atoms with Gasteiger partial charge in [-0.1, -0.05) is 12.1 Å². The molecule has 0 radical (unpaired) electrons. The van der Waals surface area contributed by atoms with Gasteiger partial charge in [0.25, 0.3) is 0 Å². The Morgan fingerprint density at radius 2 is 1.67 bits per heavy atom. The Morgan fingerprint density at radius 3 is 2.46 bits per heavy atom. The highest BCUT2D eigenvalue weighted by atomic mass is 15.1. The van der Waals surface area contributed by atoms with E-state index < -0.39 is 0 Å². The Labute approximate surface area is 144 Å². The number of hydrogen-bond donors (Lipinski definition) is 2. The number of nitrogens with two attached hydrogens (primary N) is 1. The van der Waals surface area contributed by atoms with Crippen molar-refractivity contribution in [2.75, 3.05) is 29.0 Å². The highest BCUT2D eigenvalue weighted by Gasteiger charge is 2.21. The molecule has 0 amide bonds. The van der Waals surface area contributed by atoms with Gasteiger partial charge in [0.2, 0.25) is 0 Å². The molecule has 126 valence electrons. The predicted octanol–water partition coefficient (Wildman–Crippen LogP) is 4.23. The molecule has 1 aliphatic carbocycles. The van der Waals surface area contributed by atoms with Gasteiger partial charge >= 0.3 is 0 Å². The number of anilines is 3. The summed E-state index contributed by atoms with van der Waals surface area (Å²) in [6.07, 6.45) is 7.54. The molecular formula is C21H27N3. The van der Waals surface area contributed by atoms with Crippen LogP contribution in [0.3, 0.4) is 0 Å². The van der Waals surface area contributed by atoms with Crippen LogP contribution in [0.4, 0.5) is 17.1 Å². The van der Waals surface area contributed by atoms with Crippen LogP contribution in [0.15, 0.2) is 42.5 Å². The summed E-state index contributed by atoms with van der Waals surface area (Å²) in [5.74, 6) is 0. The molecule has 2 aromatic rings. The second-order valence-electron chi connectivity index (χ2n) is 7.15. The fourth-order valence-corrected chi connectivity index (χ4v) is 4.10. The average molecular weight is 321 g/mol. The van der Waals surface area contributed by atoms with E-state index in [2.05, 4.69) is 40.5 Å². The molecule has 4 rings (SSSR count). The molecule has 3 N–H and O–H groups in total. The van der Waals surface area contributed by atoms with E-state index in [1.807, 2.05) is 12.1 Å². The zero-order valence-electron chi connectivity index (χ0n) is 14.3.